The molecule has 2 atom stereocenters. The van der Waals surface area contributed by atoms with Crippen molar-refractivity contribution in [2.75, 3.05) is 33.3 Å². The van der Waals surface area contributed by atoms with Gasteiger partial charge in [-0.3, -0.25) is 24.3 Å². The van der Waals surface area contributed by atoms with Gasteiger partial charge in [-0.25, -0.2) is 9.07 Å². The quantitative estimate of drug-likeness (QED) is 0.217. The third-order valence-corrected chi connectivity index (χ3v) is 9.15. The van der Waals surface area contributed by atoms with E-state index in [4.69, 9.17) is 4.74 Å². The number of carbonyl (C=O) groups is 3. The van der Waals surface area contributed by atoms with Gasteiger partial charge in [0.15, 0.2) is 11.6 Å². The maximum absolute atomic E-state index is 15.2. The number of methoxy groups -OCH3 is 1. The highest BCUT2D eigenvalue weighted by Gasteiger charge is 2.32. The van der Waals surface area contributed by atoms with E-state index in [-0.39, 0.29) is 48.0 Å². The van der Waals surface area contributed by atoms with Gasteiger partial charge in [0.2, 0.25) is 0 Å². The van der Waals surface area contributed by atoms with E-state index in [2.05, 4.69) is 15.0 Å². The molecule has 1 amide bonds. The lowest BCUT2D eigenvalue weighted by molar-refractivity contribution is 0.0644. The lowest BCUT2D eigenvalue weighted by Crippen LogP contribution is -2.42. The van der Waals surface area contributed by atoms with Crippen molar-refractivity contribution in [3.8, 4) is 11.4 Å². The minimum atomic E-state index is -1.10. The fourth-order valence-electron chi connectivity index (χ4n) is 6.36. The smallest absolute Gasteiger partial charge is 0.272 e. The van der Waals surface area contributed by atoms with Gasteiger partial charge in [0.05, 0.1) is 12.8 Å². The molecule has 0 radical (unpaired) electrons. The topological polar surface area (TPSA) is 97.6 Å². The number of piperidine rings is 2. The van der Waals surface area contributed by atoms with Crippen LogP contribution in [-0.4, -0.2) is 81.5 Å². The number of Topliss-reactive ketones (excluding diaryl/α,β-unsaturated/α-hetero) is 2. The van der Waals surface area contributed by atoms with Crippen LogP contribution in [0.3, 0.4) is 0 Å². The first-order valence-electron chi connectivity index (χ1n) is 15.8. The van der Waals surface area contributed by atoms with Gasteiger partial charge in [0.25, 0.3) is 5.91 Å². The molecule has 6 rings (SSSR count). The number of ether oxygens (including phenoxy) is 1. The second kappa shape index (κ2) is 14.2. The molecule has 9 nitrogen and oxygen atoms in total. The highest BCUT2D eigenvalue weighted by atomic mass is 19.1. The molecule has 2 aliphatic heterocycles. The van der Waals surface area contributed by atoms with Gasteiger partial charge in [0, 0.05) is 68.2 Å². The molecule has 0 spiro atoms. The van der Waals surface area contributed by atoms with E-state index in [0.29, 0.717) is 62.3 Å². The van der Waals surface area contributed by atoms with Crippen LogP contribution < -0.4 is 4.74 Å². The Labute approximate surface area is 268 Å². The van der Waals surface area contributed by atoms with Gasteiger partial charge in [-0.2, -0.15) is 5.10 Å². The van der Waals surface area contributed by atoms with E-state index < -0.39 is 6.17 Å². The molecule has 238 valence electrons. The van der Waals surface area contributed by atoms with E-state index in [1.807, 2.05) is 36.5 Å². The maximum atomic E-state index is 15.2. The highest BCUT2D eigenvalue weighted by molar-refractivity contribution is 5.99. The number of nitrogens with zero attached hydrogens (tertiary/aromatic N) is 5. The molecule has 2 aromatic heterocycles. The predicted molar refractivity (Wildman–Crippen MR) is 171 cm³/mol. The zero-order chi connectivity index (χ0) is 32.0. The van der Waals surface area contributed by atoms with Gasteiger partial charge >= 0.3 is 0 Å². The molecule has 2 aromatic carbocycles. The van der Waals surface area contributed by atoms with Crippen molar-refractivity contribution in [1.82, 2.24) is 24.6 Å². The van der Waals surface area contributed by atoms with E-state index in [9.17, 15) is 14.4 Å². The van der Waals surface area contributed by atoms with Crippen LogP contribution in [0.4, 0.5) is 4.39 Å². The number of aromatic nitrogens is 3. The van der Waals surface area contributed by atoms with Crippen molar-refractivity contribution in [2.45, 2.75) is 38.4 Å². The summed E-state index contributed by atoms with van der Waals surface area (Å²) in [5.74, 6) is -0.106. The van der Waals surface area contributed by atoms with Crippen LogP contribution in [0.2, 0.25) is 0 Å². The van der Waals surface area contributed by atoms with Crippen LogP contribution in [0.25, 0.3) is 5.69 Å². The van der Waals surface area contributed by atoms with Gasteiger partial charge in [-0.05, 0) is 91.9 Å². The lowest BCUT2D eigenvalue weighted by Gasteiger charge is -2.34. The summed E-state index contributed by atoms with van der Waals surface area (Å²) in [6, 6.07) is 20.2. The number of hydrogen-bond acceptors (Lipinski definition) is 7. The summed E-state index contributed by atoms with van der Waals surface area (Å²) >= 11 is 0. The Morgan fingerprint density at radius 1 is 0.913 bits per heavy atom. The number of pyridine rings is 1. The van der Waals surface area contributed by atoms with Crippen molar-refractivity contribution in [2.24, 2.45) is 11.8 Å². The molecule has 0 bridgehead atoms. The van der Waals surface area contributed by atoms with Crippen LogP contribution in [0.1, 0.15) is 62.5 Å². The van der Waals surface area contributed by atoms with Crippen LogP contribution in [0.15, 0.2) is 85.3 Å². The molecule has 2 fully saturated rings. The fourth-order valence-corrected chi connectivity index (χ4v) is 6.36. The summed E-state index contributed by atoms with van der Waals surface area (Å²) in [7, 11) is 1.59. The minimum Gasteiger partial charge on any atom is -0.497 e. The molecule has 0 aliphatic carbocycles. The number of rotatable bonds is 10. The lowest BCUT2D eigenvalue weighted by atomic mass is 9.88. The van der Waals surface area contributed by atoms with Crippen LogP contribution in [0, 0.1) is 11.8 Å². The second-order valence-corrected chi connectivity index (χ2v) is 12.1. The molecule has 1 unspecified atom stereocenters. The summed E-state index contributed by atoms with van der Waals surface area (Å²) in [6.07, 6.45) is 5.81. The number of amides is 1. The largest absolute Gasteiger partial charge is 0.497 e. The Kier molecular flexibility index (Phi) is 9.63. The number of hydrogen-bond donors (Lipinski definition) is 0. The Balaban J connectivity index is 0.957. The number of likely N-dealkylation sites (tertiary alicyclic amines) is 2. The molecule has 2 saturated heterocycles. The third kappa shape index (κ3) is 7.23. The van der Waals surface area contributed by atoms with Crippen LogP contribution in [0.5, 0.6) is 5.75 Å². The molecule has 0 saturated carbocycles. The van der Waals surface area contributed by atoms with E-state index in [1.165, 1.54) is 6.20 Å². The Morgan fingerprint density at radius 2 is 1.65 bits per heavy atom. The normalized spacial score (nSPS) is 19.1. The summed E-state index contributed by atoms with van der Waals surface area (Å²) in [6.45, 7) is 2.57. The van der Waals surface area contributed by atoms with Crippen molar-refractivity contribution in [1.29, 1.82) is 0 Å². The monoisotopic (exact) mass is 623 g/mol. The summed E-state index contributed by atoms with van der Waals surface area (Å²) in [4.78, 5) is 47.2. The van der Waals surface area contributed by atoms with Gasteiger partial charge in [-0.1, -0.05) is 12.1 Å². The second-order valence-electron chi connectivity index (χ2n) is 12.1. The van der Waals surface area contributed by atoms with E-state index in [0.717, 1.165) is 11.3 Å². The summed E-state index contributed by atoms with van der Waals surface area (Å²) < 4.78 is 22.2. The van der Waals surface area contributed by atoms with E-state index in [1.54, 1.807) is 59.3 Å². The third-order valence-electron chi connectivity index (χ3n) is 9.15. The summed E-state index contributed by atoms with van der Waals surface area (Å²) in [5.41, 5.74) is 3.35. The van der Waals surface area contributed by atoms with Gasteiger partial charge in [-0.15, -0.1) is 0 Å². The fraction of sp³-hybridized carbons (Fsp3) is 0.361. The zero-order valence-electron chi connectivity index (χ0n) is 25.9. The first-order valence-corrected chi connectivity index (χ1v) is 15.8. The standard InChI is InChI=1S/C36H38FN5O4/c1-46-31-10-5-26(6-11-31)35(44)27-14-19-41(20-15-27)36(45)33-12-7-29(22-38-33)34(43)21-28-13-18-40(24-32(28)37)23-25-3-8-30(9-4-25)42-17-2-16-39-42/h2-12,16-17,22,27-28,32H,13-15,18-21,23-24H2,1H3/t28?,32-/m1/s1. The Morgan fingerprint density at radius 3 is 2.28 bits per heavy atom. The average Bonchev–Trinajstić information content (AvgIpc) is 3.65. The maximum Gasteiger partial charge on any atom is 0.272 e. The zero-order valence-corrected chi connectivity index (χ0v) is 25.9. The molecule has 10 heteroatoms. The predicted octanol–water partition coefficient (Wildman–Crippen LogP) is 5.44. The molecule has 0 N–H and O–H groups in total. The Bertz CT molecular complexity index is 1630. The molecule has 4 aromatic rings. The highest BCUT2D eigenvalue weighted by Crippen LogP contribution is 2.27. The van der Waals surface area contributed by atoms with Crippen molar-refractivity contribution in [3.63, 3.8) is 0 Å². The van der Waals surface area contributed by atoms with Gasteiger partial charge in [0.1, 0.15) is 17.6 Å². The molecule has 4 heterocycles. The summed E-state index contributed by atoms with van der Waals surface area (Å²) in [5, 5.41) is 4.24. The molecular weight excluding hydrogens is 585 g/mol. The number of alkyl halides is 1. The van der Waals surface area contributed by atoms with Crippen molar-refractivity contribution >= 4 is 17.5 Å². The van der Waals surface area contributed by atoms with E-state index >= 15 is 4.39 Å². The van der Waals surface area contributed by atoms with Gasteiger partial charge < -0.3 is 9.64 Å². The SMILES string of the molecule is COc1ccc(C(=O)C2CCN(C(=O)c3ccc(C(=O)CC4CCN(Cc5ccc(-n6cccn6)cc5)C[C@H]4F)cn3)CC2)cc1. The molecule has 2 aliphatic rings. The molecule has 46 heavy (non-hydrogen) atoms. The first kappa shape index (κ1) is 31.3. The number of carbonyl (C=O) groups excluding carboxylic acids is 3. The van der Waals surface area contributed by atoms with Crippen LogP contribution in [-0.2, 0) is 6.54 Å². The number of ketones is 2. The number of halogens is 1. The van der Waals surface area contributed by atoms with Crippen LogP contribution >= 0.6 is 0 Å². The van der Waals surface area contributed by atoms with Crippen molar-refractivity contribution < 1.29 is 23.5 Å². The van der Waals surface area contributed by atoms with Crippen molar-refractivity contribution in [3.05, 3.63) is 108 Å². The number of benzene rings is 2. The molecular formula is C36H38FN5O4. The Hall–Kier alpha value is -4.70. The minimum absolute atomic E-state index is 0.0774. The average molecular weight is 624 g/mol. The first-order chi connectivity index (χ1) is 22.4.